The molecule has 2 aromatic heterocycles. The number of nitrogens with zero attached hydrogens (tertiary/aromatic N) is 3. The Hall–Kier alpha value is -2.89. The number of amides is 1. The highest BCUT2D eigenvalue weighted by Crippen LogP contribution is 2.31. The van der Waals surface area contributed by atoms with Gasteiger partial charge in [0.15, 0.2) is 12.3 Å². The summed E-state index contributed by atoms with van der Waals surface area (Å²) in [6, 6.07) is 9.41. The van der Waals surface area contributed by atoms with Crippen molar-refractivity contribution in [1.29, 1.82) is 0 Å². The number of aromatic nitrogens is 3. The number of hydrogen-bond acceptors (Lipinski definition) is 4. The van der Waals surface area contributed by atoms with Crippen molar-refractivity contribution in [3.8, 4) is 17.0 Å². The van der Waals surface area contributed by atoms with E-state index >= 15 is 0 Å². The molecule has 0 saturated heterocycles. The van der Waals surface area contributed by atoms with E-state index in [9.17, 15) is 4.79 Å². The quantitative estimate of drug-likeness (QED) is 0.728. The first kappa shape index (κ1) is 11.0. The molecule has 0 aliphatic carbocycles. The van der Waals surface area contributed by atoms with E-state index in [-0.39, 0.29) is 12.5 Å². The molecule has 6 heteroatoms. The minimum absolute atomic E-state index is 0.0611. The summed E-state index contributed by atoms with van der Waals surface area (Å²) in [6.45, 7) is 0.0611. The summed E-state index contributed by atoms with van der Waals surface area (Å²) in [7, 11) is 0. The van der Waals surface area contributed by atoms with Crippen molar-refractivity contribution in [2.45, 2.75) is 0 Å². The number of anilines is 1. The molecular formula is C14H10N4O2. The third-order valence-electron chi connectivity index (χ3n) is 3.16. The highest BCUT2D eigenvalue weighted by atomic mass is 16.5. The zero-order valence-corrected chi connectivity index (χ0v) is 10.4. The van der Waals surface area contributed by atoms with E-state index in [4.69, 9.17) is 4.74 Å². The molecule has 3 aromatic rings. The highest BCUT2D eigenvalue weighted by Gasteiger charge is 2.16. The van der Waals surface area contributed by atoms with Gasteiger partial charge >= 0.3 is 0 Å². The van der Waals surface area contributed by atoms with Gasteiger partial charge in [-0.15, -0.1) is 0 Å². The topological polar surface area (TPSA) is 68.5 Å². The molecule has 98 valence electrons. The first-order valence-corrected chi connectivity index (χ1v) is 6.17. The number of benzene rings is 1. The van der Waals surface area contributed by atoms with E-state index in [0.29, 0.717) is 11.4 Å². The van der Waals surface area contributed by atoms with Crippen molar-refractivity contribution in [3.63, 3.8) is 0 Å². The fourth-order valence-corrected chi connectivity index (χ4v) is 2.21. The summed E-state index contributed by atoms with van der Waals surface area (Å²) in [5.41, 5.74) is 3.18. The van der Waals surface area contributed by atoms with Crippen LogP contribution >= 0.6 is 0 Å². The lowest BCUT2D eigenvalue weighted by Crippen LogP contribution is -2.25. The van der Waals surface area contributed by atoms with E-state index in [1.165, 1.54) is 0 Å². The maximum Gasteiger partial charge on any atom is 0.262 e. The van der Waals surface area contributed by atoms with Crippen LogP contribution in [0.2, 0.25) is 0 Å². The zero-order valence-electron chi connectivity index (χ0n) is 10.4. The van der Waals surface area contributed by atoms with Crippen LogP contribution in [0.5, 0.6) is 5.75 Å². The van der Waals surface area contributed by atoms with Crippen LogP contribution in [0.1, 0.15) is 0 Å². The first-order chi connectivity index (χ1) is 9.79. The summed E-state index contributed by atoms with van der Waals surface area (Å²) in [4.78, 5) is 15.5. The maximum atomic E-state index is 11.3. The second-order valence-corrected chi connectivity index (χ2v) is 4.50. The molecule has 1 N–H and O–H groups in total. The summed E-state index contributed by atoms with van der Waals surface area (Å²) in [5, 5.41) is 7.27. The molecule has 1 aromatic carbocycles. The van der Waals surface area contributed by atoms with Gasteiger partial charge in [0, 0.05) is 18.0 Å². The van der Waals surface area contributed by atoms with Crippen LogP contribution in [0, 0.1) is 0 Å². The van der Waals surface area contributed by atoms with E-state index in [2.05, 4.69) is 15.4 Å². The largest absolute Gasteiger partial charge is 0.482 e. The van der Waals surface area contributed by atoms with Crippen molar-refractivity contribution in [2.24, 2.45) is 0 Å². The summed E-state index contributed by atoms with van der Waals surface area (Å²) in [5.74, 6) is 0.532. The van der Waals surface area contributed by atoms with Crippen LogP contribution < -0.4 is 10.1 Å². The van der Waals surface area contributed by atoms with E-state index in [1.807, 2.05) is 30.3 Å². The molecule has 3 heterocycles. The fraction of sp³-hybridized carbons (Fsp3) is 0.0714. The molecule has 0 spiro atoms. The number of fused-ring (bicyclic) bond motifs is 2. The molecule has 0 unspecified atom stereocenters. The van der Waals surface area contributed by atoms with Gasteiger partial charge in [-0.2, -0.15) is 5.10 Å². The molecule has 0 saturated carbocycles. The average molecular weight is 266 g/mol. The van der Waals surface area contributed by atoms with Crippen LogP contribution in [-0.2, 0) is 4.79 Å². The predicted molar refractivity (Wildman–Crippen MR) is 72.5 cm³/mol. The van der Waals surface area contributed by atoms with Crippen molar-refractivity contribution < 1.29 is 9.53 Å². The third kappa shape index (κ3) is 1.70. The number of hydrogen-bond donors (Lipinski definition) is 1. The minimum atomic E-state index is -0.146. The molecule has 1 amide bonds. The van der Waals surface area contributed by atoms with Crippen LogP contribution in [0.3, 0.4) is 0 Å². The molecule has 1 aliphatic heterocycles. The molecular weight excluding hydrogens is 256 g/mol. The predicted octanol–water partition coefficient (Wildman–Crippen LogP) is 1.73. The van der Waals surface area contributed by atoms with Gasteiger partial charge < -0.3 is 10.1 Å². The van der Waals surface area contributed by atoms with E-state index in [1.54, 1.807) is 16.9 Å². The second-order valence-electron chi connectivity index (χ2n) is 4.50. The van der Waals surface area contributed by atoms with Gasteiger partial charge in [-0.25, -0.2) is 9.50 Å². The van der Waals surface area contributed by atoms with Crippen LogP contribution in [0.4, 0.5) is 5.69 Å². The molecule has 1 aliphatic rings. The lowest BCUT2D eigenvalue weighted by atomic mass is 10.1. The SMILES string of the molecule is O=C1COc2ccc(-c3ccc4nccn4n3)cc2N1. The number of carbonyl (C=O) groups excluding carboxylic acids is 1. The Kier molecular flexibility index (Phi) is 2.23. The van der Waals surface area contributed by atoms with E-state index in [0.717, 1.165) is 16.9 Å². The Bertz CT molecular complexity index is 825. The van der Waals surface area contributed by atoms with Gasteiger partial charge in [0.1, 0.15) is 5.75 Å². The monoisotopic (exact) mass is 266 g/mol. The summed E-state index contributed by atoms with van der Waals surface area (Å²) >= 11 is 0. The maximum absolute atomic E-state index is 11.3. The lowest BCUT2D eigenvalue weighted by molar-refractivity contribution is -0.118. The molecule has 20 heavy (non-hydrogen) atoms. The molecule has 4 rings (SSSR count). The first-order valence-electron chi connectivity index (χ1n) is 6.17. The van der Waals surface area contributed by atoms with Crippen molar-refractivity contribution in [3.05, 3.63) is 42.7 Å². The number of carbonyl (C=O) groups is 1. The average Bonchev–Trinajstić information content (AvgIpc) is 2.93. The zero-order chi connectivity index (χ0) is 13.5. The smallest absolute Gasteiger partial charge is 0.262 e. The number of nitrogens with one attached hydrogen (secondary N) is 1. The standard InChI is InChI=1S/C14H10N4O2/c19-14-8-20-12-3-1-9(7-11(12)16-14)10-2-4-13-15-5-6-18(13)17-10/h1-7H,8H2,(H,16,19). The second kappa shape index (κ2) is 4.06. The summed E-state index contributed by atoms with van der Waals surface area (Å²) < 4.78 is 7.05. The van der Waals surface area contributed by atoms with Crippen LogP contribution in [-0.4, -0.2) is 27.1 Å². The van der Waals surface area contributed by atoms with Gasteiger partial charge in [-0.1, -0.05) is 0 Å². The Morgan fingerprint density at radius 1 is 1.25 bits per heavy atom. The summed E-state index contributed by atoms with van der Waals surface area (Å²) in [6.07, 6.45) is 3.50. The van der Waals surface area contributed by atoms with Gasteiger partial charge in [-0.05, 0) is 30.3 Å². The Labute approximate surface area is 114 Å². The fourth-order valence-electron chi connectivity index (χ4n) is 2.21. The number of rotatable bonds is 1. The Morgan fingerprint density at radius 3 is 3.15 bits per heavy atom. The van der Waals surface area contributed by atoms with Crippen molar-refractivity contribution >= 4 is 17.2 Å². The third-order valence-corrected chi connectivity index (χ3v) is 3.16. The Morgan fingerprint density at radius 2 is 2.20 bits per heavy atom. The number of ether oxygens (including phenoxy) is 1. The van der Waals surface area contributed by atoms with Gasteiger partial charge in [0.05, 0.1) is 11.4 Å². The van der Waals surface area contributed by atoms with Crippen molar-refractivity contribution in [1.82, 2.24) is 14.6 Å². The van der Waals surface area contributed by atoms with Gasteiger partial charge in [0.25, 0.3) is 5.91 Å². The minimum Gasteiger partial charge on any atom is -0.482 e. The van der Waals surface area contributed by atoms with Crippen LogP contribution in [0.25, 0.3) is 16.9 Å². The highest BCUT2D eigenvalue weighted by molar-refractivity contribution is 5.96. The van der Waals surface area contributed by atoms with Crippen LogP contribution in [0.15, 0.2) is 42.7 Å². The molecule has 0 fully saturated rings. The van der Waals surface area contributed by atoms with Crippen molar-refractivity contribution in [2.75, 3.05) is 11.9 Å². The van der Waals surface area contributed by atoms with Gasteiger partial charge in [-0.3, -0.25) is 4.79 Å². The van der Waals surface area contributed by atoms with E-state index < -0.39 is 0 Å². The molecule has 0 radical (unpaired) electrons. The van der Waals surface area contributed by atoms with Gasteiger partial charge in [0.2, 0.25) is 0 Å². The normalized spacial score (nSPS) is 13.7. The lowest BCUT2D eigenvalue weighted by Gasteiger charge is -2.18. The number of imidazole rings is 1. The molecule has 6 nitrogen and oxygen atoms in total. The molecule has 0 bridgehead atoms. The molecule has 0 atom stereocenters. The Balaban J connectivity index is 1.81.